The molecule has 1 amide bonds. The van der Waals surface area contributed by atoms with Gasteiger partial charge < -0.3 is 14.8 Å². The topological polar surface area (TPSA) is 81.7 Å². The second-order valence-corrected chi connectivity index (χ2v) is 2.92. The van der Waals surface area contributed by atoms with Crippen molar-refractivity contribution in [1.82, 2.24) is 5.32 Å². The van der Waals surface area contributed by atoms with Gasteiger partial charge in [0, 0.05) is 12.2 Å². The molecule has 0 unspecified atom stereocenters. The third kappa shape index (κ3) is 3.80. The number of carbonyl (C=O) groups excluding carboxylic acids is 3. The quantitative estimate of drug-likeness (QED) is 0.487. The molecule has 1 aliphatic rings. The average Bonchev–Trinajstić information content (AvgIpc) is 2.60. The lowest BCUT2D eigenvalue weighted by molar-refractivity contribution is -0.143. The van der Waals surface area contributed by atoms with Crippen molar-refractivity contribution in [3.05, 3.63) is 12.2 Å². The summed E-state index contributed by atoms with van der Waals surface area (Å²) in [6.45, 7) is 0.316. The van der Waals surface area contributed by atoms with E-state index in [9.17, 15) is 14.4 Å². The van der Waals surface area contributed by atoms with Crippen LogP contribution in [0, 0.1) is 0 Å². The highest BCUT2D eigenvalue weighted by Crippen LogP contribution is 2.04. The predicted octanol–water partition coefficient (Wildman–Crippen LogP) is -0.853. The van der Waals surface area contributed by atoms with Crippen LogP contribution in [-0.2, 0) is 23.9 Å². The van der Waals surface area contributed by atoms with Gasteiger partial charge in [0.2, 0.25) is 5.91 Å². The van der Waals surface area contributed by atoms with E-state index in [1.165, 1.54) is 7.11 Å². The molecule has 1 N–H and O–H groups in total. The molecule has 0 saturated carbocycles. The molecule has 0 bridgehead atoms. The fraction of sp³-hybridized carbons (Fsp3) is 0.444. The number of carbonyl (C=O) groups is 3. The maximum absolute atomic E-state index is 11.1. The fourth-order valence-electron chi connectivity index (χ4n) is 1.07. The molecule has 6 heteroatoms. The molecule has 6 nitrogen and oxygen atoms in total. The van der Waals surface area contributed by atoms with Crippen LogP contribution in [0.2, 0.25) is 0 Å². The summed E-state index contributed by atoms with van der Waals surface area (Å²) in [7, 11) is 1.21. The predicted molar refractivity (Wildman–Crippen MR) is 48.7 cm³/mol. The van der Waals surface area contributed by atoms with Crippen molar-refractivity contribution in [3.8, 4) is 0 Å². The number of hydrogen-bond acceptors (Lipinski definition) is 5. The van der Waals surface area contributed by atoms with Gasteiger partial charge in [-0.15, -0.1) is 0 Å². The summed E-state index contributed by atoms with van der Waals surface area (Å²) in [6, 6.07) is 0. The maximum atomic E-state index is 11.1. The smallest absolute Gasteiger partial charge is 0.331 e. The Balaban J connectivity index is 2.33. The van der Waals surface area contributed by atoms with E-state index in [1.54, 1.807) is 0 Å². The molecular formula is C9H11NO5. The van der Waals surface area contributed by atoms with Crippen molar-refractivity contribution in [1.29, 1.82) is 0 Å². The van der Waals surface area contributed by atoms with Crippen LogP contribution in [0.4, 0.5) is 0 Å². The van der Waals surface area contributed by atoms with Gasteiger partial charge >= 0.3 is 11.9 Å². The first-order chi connectivity index (χ1) is 7.11. The molecule has 0 spiro atoms. The van der Waals surface area contributed by atoms with Crippen molar-refractivity contribution >= 4 is 17.8 Å². The fourth-order valence-corrected chi connectivity index (χ4v) is 1.07. The molecular weight excluding hydrogens is 202 g/mol. The van der Waals surface area contributed by atoms with Gasteiger partial charge in [-0.1, -0.05) is 0 Å². The summed E-state index contributed by atoms with van der Waals surface area (Å²) in [5.74, 6) is -1.45. The number of amides is 1. The minimum atomic E-state index is -0.665. The van der Waals surface area contributed by atoms with Crippen LogP contribution in [0.25, 0.3) is 0 Å². The van der Waals surface area contributed by atoms with Crippen LogP contribution in [0.15, 0.2) is 12.2 Å². The molecule has 0 aromatic rings. The van der Waals surface area contributed by atoms with Crippen LogP contribution in [0.5, 0.6) is 0 Å². The number of ether oxygens (including phenoxy) is 2. The van der Waals surface area contributed by atoms with Gasteiger partial charge in [0.25, 0.3) is 0 Å². The van der Waals surface area contributed by atoms with Crippen molar-refractivity contribution < 1.29 is 23.9 Å². The van der Waals surface area contributed by atoms with Crippen LogP contribution < -0.4 is 5.32 Å². The van der Waals surface area contributed by atoms with Crippen molar-refractivity contribution in [2.24, 2.45) is 0 Å². The lowest BCUT2D eigenvalue weighted by Gasteiger charge is -2.06. The monoisotopic (exact) mass is 213 g/mol. The normalized spacial score (nSPS) is 20.1. The Morgan fingerprint density at radius 1 is 1.40 bits per heavy atom. The maximum Gasteiger partial charge on any atom is 0.331 e. The SMILES string of the molecule is COC(=O)/C=C/C(=O)O[C@H]1CNC(=O)C1. The molecule has 0 aromatic heterocycles. The summed E-state index contributed by atoms with van der Waals surface area (Å²) in [4.78, 5) is 32.4. The molecule has 1 rings (SSSR count). The third-order valence-electron chi connectivity index (χ3n) is 1.78. The Morgan fingerprint density at radius 2 is 2.07 bits per heavy atom. The van der Waals surface area contributed by atoms with E-state index in [4.69, 9.17) is 4.74 Å². The molecule has 1 saturated heterocycles. The van der Waals surface area contributed by atoms with Crippen LogP contribution >= 0.6 is 0 Å². The second-order valence-electron chi connectivity index (χ2n) is 2.92. The van der Waals surface area contributed by atoms with Gasteiger partial charge in [-0.25, -0.2) is 9.59 Å². The first-order valence-electron chi connectivity index (χ1n) is 4.35. The van der Waals surface area contributed by atoms with Crippen LogP contribution in [-0.4, -0.2) is 37.6 Å². The third-order valence-corrected chi connectivity index (χ3v) is 1.78. The largest absolute Gasteiger partial charge is 0.466 e. The summed E-state index contributed by atoms with van der Waals surface area (Å²) in [5, 5.41) is 2.52. The number of esters is 2. The summed E-state index contributed by atoms with van der Waals surface area (Å²) in [5.41, 5.74) is 0. The van der Waals surface area contributed by atoms with Crippen LogP contribution in [0.1, 0.15) is 6.42 Å². The van der Waals surface area contributed by atoms with Gasteiger partial charge in [-0.3, -0.25) is 4.79 Å². The van der Waals surface area contributed by atoms with E-state index in [1.807, 2.05) is 0 Å². The van der Waals surface area contributed by atoms with Gasteiger partial charge in [0.05, 0.1) is 20.1 Å². The molecule has 0 aromatic carbocycles. The molecule has 1 fully saturated rings. The van der Waals surface area contributed by atoms with Gasteiger partial charge in [-0.2, -0.15) is 0 Å². The van der Waals surface area contributed by atoms with Crippen molar-refractivity contribution in [2.75, 3.05) is 13.7 Å². The first kappa shape index (κ1) is 11.2. The molecule has 1 aliphatic heterocycles. The molecule has 1 heterocycles. The van der Waals surface area contributed by atoms with E-state index >= 15 is 0 Å². The minimum Gasteiger partial charge on any atom is -0.466 e. The zero-order valence-electron chi connectivity index (χ0n) is 8.19. The number of nitrogens with one attached hydrogen (secondary N) is 1. The van der Waals surface area contributed by atoms with Crippen LogP contribution in [0.3, 0.4) is 0 Å². The van der Waals surface area contributed by atoms with E-state index < -0.39 is 18.0 Å². The summed E-state index contributed by atoms with van der Waals surface area (Å²) >= 11 is 0. The molecule has 82 valence electrons. The number of hydrogen-bond donors (Lipinski definition) is 1. The van der Waals surface area contributed by atoms with E-state index in [0.29, 0.717) is 6.54 Å². The lowest BCUT2D eigenvalue weighted by atomic mass is 10.3. The Labute approximate surface area is 86.2 Å². The zero-order chi connectivity index (χ0) is 11.3. The highest BCUT2D eigenvalue weighted by Gasteiger charge is 2.23. The second kappa shape index (κ2) is 5.14. The van der Waals surface area contributed by atoms with Gasteiger partial charge in [0.15, 0.2) is 0 Å². The molecule has 0 aliphatic carbocycles. The van der Waals surface area contributed by atoms with E-state index in [2.05, 4.69) is 10.1 Å². The highest BCUT2D eigenvalue weighted by molar-refractivity contribution is 5.92. The Kier molecular flexibility index (Phi) is 3.84. The average molecular weight is 213 g/mol. The minimum absolute atomic E-state index is 0.148. The van der Waals surface area contributed by atoms with Crippen molar-refractivity contribution in [2.45, 2.75) is 12.5 Å². The van der Waals surface area contributed by atoms with Gasteiger partial charge in [-0.05, 0) is 0 Å². The number of rotatable bonds is 3. The molecule has 15 heavy (non-hydrogen) atoms. The standard InChI is InChI=1S/C9H11NO5/c1-14-8(12)2-3-9(13)15-6-4-7(11)10-5-6/h2-3,6H,4-5H2,1H3,(H,10,11)/b3-2+/t6-/m1/s1. The lowest BCUT2D eigenvalue weighted by Crippen LogP contribution is -2.20. The highest BCUT2D eigenvalue weighted by atomic mass is 16.5. The number of methoxy groups -OCH3 is 1. The Morgan fingerprint density at radius 3 is 2.60 bits per heavy atom. The first-order valence-corrected chi connectivity index (χ1v) is 4.35. The summed E-state index contributed by atoms with van der Waals surface area (Å²) in [6.07, 6.45) is 1.64. The molecule has 1 atom stereocenters. The van der Waals surface area contributed by atoms with E-state index in [0.717, 1.165) is 12.2 Å². The Bertz CT molecular complexity index is 310. The summed E-state index contributed by atoms with van der Waals surface area (Å²) < 4.78 is 9.15. The van der Waals surface area contributed by atoms with Gasteiger partial charge in [0.1, 0.15) is 6.10 Å². The van der Waals surface area contributed by atoms with Crippen molar-refractivity contribution in [3.63, 3.8) is 0 Å². The van der Waals surface area contributed by atoms with E-state index in [-0.39, 0.29) is 12.3 Å². The Hall–Kier alpha value is -1.85. The molecule has 0 radical (unpaired) electrons. The zero-order valence-corrected chi connectivity index (χ0v) is 8.19.